The van der Waals surface area contributed by atoms with E-state index in [2.05, 4.69) is 9.88 Å². The van der Waals surface area contributed by atoms with E-state index < -0.39 is 5.97 Å². The highest BCUT2D eigenvalue weighted by Gasteiger charge is 2.09. The fourth-order valence-electron chi connectivity index (χ4n) is 1.74. The molecule has 19 heavy (non-hydrogen) atoms. The van der Waals surface area contributed by atoms with E-state index in [9.17, 15) is 4.79 Å². The molecule has 1 heterocycles. The Labute approximate surface area is 116 Å². The molecular weight excluding hydrogens is 260 g/mol. The summed E-state index contributed by atoms with van der Waals surface area (Å²) >= 11 is 1.68. The number of aromatic carboxylic acids is 1. The van der Waals surface area contributed by atoms with Crippen molar-refractivity contribution in [2.75, 3.05) is 26.4 Å². The molecule has 5 heteroatoms. The lowest BCUT2D eigenvalue weighted by atomic mass is 10.1. The summed E-state index contributed by atoms with van der Waals surface area (Å²) in [5.74, 6) is 0.0461. The van der Waals surface area contributed by atoms with Crippen LogP contribution in [0.5, 0.6) is 0 Å². The summed E-state index contributed by atoms with van der Waals surface area (Å²) in [6, 6.07) is 8.90. The van der Waals surface area contributed by atoms with E-state index in [1.54, 1.807) is 23.9 Å². The second-order valence-corrected chi connectivity index (χ2v) is 5.59. The first kappa shape index (κ1) is 13.8. The van der Waals surface area contributed by atoms with Crippen LogP contribution in [0.3, 0.4) is 0 Å². The Morgan fingerprint density at radius 2 is 2.11 bits per heavy atom. The molecule has 0 aliphatic carbocycles. The Bertz CT molecular complexity index is 599. The van der Waals surface area contributed by atoms with E-state index in [-0.39, 0.29) is 0 Å². The number of benzene rings is 1. The second-order valence-electron chi connectivity index (χ2n) is 4.48. The highest BCUT2D eigenvalue weighted by atomic mass is 32.2. The number of carboxylic acids is 1. The van der Waals surface area contributed by atoms with Gasteiger partial charge in [0.25, 0.3) is 0 Å². The number of hydrogen-bond acceptors (Lipinski definition) is 4. The molecule has 2 aromatic rings. The van der Waals surface area contributed by atoms with Gasteiger partial charge in [-0.15, -0.1) is 11.8 Å². The summed E-state index contributed by atoms with van der Waals surface area (Å²) in [5.41, 5.74) is 1.03. The van der Waals surface area contributed by atoms with Crippen molar-refractivity contribution in [2.24, 2.45) is 0 Å². The molecule has 0 amide bonds. The van der Waals surface area contributed by atoms with Gasteiger partial charge in [0.2, 0.25) is 0 Å². The highest BCUT2D eigenvalue weighted by molar-refractivity contribution is 7.99. The van der Waals surface area contributed by atoms with E-state index in [0.29, 0.717) is 10.9 Å². The summed E-state index contributed by atoms with van der Waals surface area (Å²) in [6.45, 7) is 0.986. The minimum atomic E-state index is -0.916. The molecule has 0 saturated carbocycles. The van der Waals surface area contributed by atoms with Crippen LogP contribution in [-0.4, -0.2) is 47.4 Å². The fourth-order valence-corrected chi connectivity index (χ4v) is 2.73. The smallest absolute Gasteiger partial charge is 0.336 e. The molecule has 1 aromatic heterocycles. The average molecular weight is 276 g/mol. The lowest BCUT2D eigenvalue weighted by Crippen LogP contribution is -2.14. The molecule has 0 radical (unpaired) electrons. The van der Waals surface area contributed by atoms with Crippen LogP contribution in [0.25, 0.3) is 10.9 Å². The van der Waals surface area contributed by atoms with Crippen LogP contribution < -0.4 is 0 Å². The monoisotopic (exact) mass is 276 g/mol. The standard InChI is InChI=1S/C14H16N2O2S/c1-16(2)8-9-19-13-7-6-10-11(14(17)18)4-3-5-12(10)15-13/h3-7H,8-9H2,1-2H3,(H,17,18). The molecule has 0 aliphatic rings. The van der Waals surface area contributed by atoms with Gasteiger partial charge in [-0.25, -0.2) is 9.78 Å². The van der Waals surface area contributed by atoms with Crippen molar-refractivity contribution in [1.82, 2.24) is 9.88 Å². The summed E-state index contributed by atoms with van der Waals surface area (Å²) in [6.07, 6.45) is 0. The molecule has 2 rings (SSSR count). The van der Waals surface area contributed by atoms with Crippen molar-refractivity contribution in [3.05, 3.63) is 35.9 Å². The maximum Gasteiger partial charge on any atom is 0.336 e. The fraction of sp³-hybridized carbons (Fsp3) is 0.286. The molecule has 0 unspecified atom stereocenters. The van der Waals surface area contributed by atoms with Crippen molar-refractivity contribution >= 4 is 28.6 Å². The molecule has 0 aliphatic heterocycles. The summed E-state index contributed by atoms with van der Waals surface area (Å²) in [4.78, 5) is 17.7. The van der Waals surface area contributed by atoms with Crippen molar-refractivity contribution in [2.45, 2.75) is 5.03 Å². The van der Waals surface area contributed by atoms with Crippen LogP contribution in [0.4, 0.5) is 0 Å². The van der Waals surface area contributed by atoms with Crippen LogP contribution in [0, 0.1) is 0 Å². The SMILES string of the molecule is CN(C)CCSc1ccc2c(C(=O)O)cccc2n1. The van der Waals surface area contributed by atoms with Gasteiger partial charge in [0, 0.05) is 17.7 Å². The van der Waals surface area contributed by atoms with Crippen LogP contribution >= 0.6 is 11.8 Å². The number of thioether (sulfide) groups is 1. The predicted molar refractivity (Wildman–Crippen MR) is 78.0 cm³/mol. The molecular formula is C14H16N2O2S. The van der Waals surface area contributed by atoms with E-state index >= 15 is 0 Å². The van der Waals surface area contributed by atoms with Crippen molar-refractivity contribution in [3.63, 3.8) is 0 Å². The van der Waals surface area contributed by atoms with Gasteiger partial charge in [-0.3, -0.25) is 0 Å². The number of nitrogens with zero attached hydrogens (tertiary/aromatic N) is 2. The molecule has 0 atom stereocenters. The summed E-state index contributed by atoms with van der Waals surface area (Å²) in [5, 5.41) is 10.7. The molecule has 1 aromatic carbocycles. The maximum absolute atomic E-state index is 11.1. The first-order chi connectivity index (χ1) is 9.08. The number of hydrogen-bond donors (Lipinski definition) is 1. The zero-order valence-corrected chi connectivity index (χ0v) is 11.8. The molecule has 0 bridgehead atoms. The first-order valence-electron chi connectivity index (χ1n) is 5.98. The minimum Gasteiger partial charge on any atom is -0.478 e. The number of aromatic nitrogens is 1. The molecule has 1 N–H and O–H groups in total. The summed E-state index contributed by atoms with van der Waals surface area (Å²) in [7, 11) is 4.07. The average Bonchev–Trinajstić information content (AvgIpc) is 2.37. The first-order valence-corrected chi connectivity index (χ1v) is 6.97. The van der Waals surface area contributed by atoms with Gasteiger partial charge in [0.15, 0.2) is 0 Å². The maximum atomic E-state index is 11.1. The summed E-state index contributed by atoms with van der Waals surface area (Å²) < 4.78 is 0. The Morgan fingerprint density at radius 1 is 1.32 bits per heavy atom. The quantitative estimate of drug-likeness (QED) is 0.851. The minimum absolute atomic E-state index is 0.301. The number of pyridine rings is 1. The third kappa shape index (κ3) is 3.45. The van der Waals surface area contributed by atoms with Gasteiger partial charge < -0.3 is 10.0 Å². The third-order valence-electron chi connectivity index (χ3n) is 2.73. The third-order valence-corrected chi connectivity index (χ3v) is 3.64. The van der Waals surface area contributed by atoms with Gasteiger partial charge >= 0.3 is 5.97 Å². The Kier molecular flexibility index (Phi) is 4.39. The van der Waals surface area contributed by atoms with E-state index in [1.165, 1.54) is 0 Å². The molecule has 0 saturated heterocycles. The topological polar surface area (TPSA) is 53.4 Å². The second kappa shape index (κ2) is 6.04. The van der Waals surface area contributed by atoms with Gasteiger partial charge in [0.1, 0.15) is 0 Å². The number of rotatable bonds is 5. The largest absolute Gasteiger partial charge is 0.478 e. The van der Waals surface area contributed by atoms with Crippen LogP contribution in [-0.2, 0) is 0 Å². The van der Waals surface area contributed by atoms with Gasteiger partial charge in [-0.2, -0.15) is 0 Å². The van der Waals surface area contributed by atoms with E-state index in [0.717, 1.165) is 22.8 Å². The Balaban J connectivity index is 2.24. The molecule has 0 spiro atoms. The number of carboxylic acid groups (broad SMARTS) is 1. The molecule has 100 valence electrons. The number of carbonyl (C=O) groups is 1. The van der Waals surface area contributed by atoms with Crippen molar-refractivity contribution < 1.29 is 9.90 Å². The Morgan fingerprint density at radius 3 is 2.79 bits per heavy atom. The van der Waals surface area contributed by atoms with Gasteiger partial charge in [-0.1, -0.05) is 6.07 Å². The van der Waals surface area contributed by atoms with Crippen LogP contribution in [0.1, 0.15) is 10.4 Å². The number of fused-ring (bicyclic) bond motifs is 1. The lowest BCUT2D eigenvalue weighted by Gasteiger charge is -2.09. The van der Waals surface area contributed by atoms with E-state index in [1.807, 2.05) is 32.3 Å². The van der Waals surface area contributed by atoms with Gasteiger partial charge in [0.05, 0.1) is 16.1 Å². The normalized spacial score (nSPS) is 11.1. The predicted octanol–water partition coefficient (Wildman–Crippen LogP) is 2.59. The van der Waals surface area contributed by atoms with Crippen LogP contribution in [0.15, 0.2) is 35.4 Å². The van der Waals surface area contributed by atoms with Gasteiger partial charge in [-0.05, 0) is 38.4 Å². The molecule has 0 fully saturated rings. The lowest BCUT2D eigenvalue weighted by molar-refractivity contribution is 0.0699. The van der Waals surface area contributed by atoms with Crippen molar-refractivity contribution in [3.8, 4) is 0 Å². The van der Waals surface area contributed by atoms with Crippen molar-refractivity contribution in [1.29, 1.82) is 0 Å². The van der Waals surface area contributed by atoms with E-state index in [4.69, 9.17) is 5.11 Å². The zero-order valence-electron chi connectivity index (χ0n) is 11.0. The zero-order chi connectivity index (χ0) is 13.8. The highest BCUT2D eigenvalue weighted by Crippen LogP contribution is 2.22. The van der Waals surface area contributed by atoms with Crippen LogP contribution in [0.2, 0.25) is 0 Å². The Hall–Kier alpha value is -1.59. The molecule has 4 nitrogen and oxygen atoms in total.